The fraction of sp³-hybridized carbons (Fsp3) is 0.143. The highest BCUT2D eigenvalue weighted by Gasteiger charge is 1.89. The zero-order chi connectivity index (χ0) is 7.23. The van der Waals surface area contributed by atoms with E-state index in [0.717, 1.165) is 5.56 Å². The molecule has 0 aromatic carbocycles. The van der Waals surface area contributed by atoms with Gasteiger partial charge in [-0.05, 0) is 11.6 Å². The van der Waals surface area contributed by atoms with Crippen molar-refractivity contribution in [2.45, 2.75) is 6.42 Å². The van der Waals surface area contributed by atoms with E-state index < -0.39 is 0 Å². The summed E-state index contributed by atoms with van der Waals surface area (Å²) < 4.78 is 0. The predicted octanol–water partition coefficient (Wildman–Crippen LogP) is 0.925. The van der Waals surface area contributed by atoms with E-state index in [1.165, 1.54) is 6.21 Å². The van der Waals surface area contributed by atoms with Crippen molar-refractivity contribution in [2.24, 2.45) is 0 Å². The Morgan fingerprint density at radius 3 is 3.20 bits per heavy atom. The number of hydrogen-bond donors (Lipinski definition) is 0. The van der Waals surface area contributed by atoms with E-state index in [1.807, 2.05) is 12.1 Å². The van der Waals surface area contributed by atoms with E-state index in [1.54, 1.807) is 12.4 Å². The van der Waals surface area contributed by atoms with Crippen LogP contribution in [0.2, 0.25) is 0 Å². The van der Waals surface area contributed by atoms with E-state index >= 15 is 0 Å². The monoisotopic (exact) mass is 133 g/mol. The van der Waals surface area contributed by atoms with Crippen LogP contribution in [0.1, 0.15) is 5.56 Å². The van der Waals surface area contributed by atoms with Gasteiger partial charge in [0.1, 0.15) is 0 Å². The largest absolute Gasteiger partial charge is 0.362 e. The van der Waals surface area contributed by atoms with Crippen molar-refractivity contribution in [1.29, 1.82) is 0 Å². The molecule has 0 fully saturated rings. The molecule has 50 valence electrons. The van der Waals surface area contributed by atoms with Crippen molar-refractivity contribution in [3.8, 4) is 0 Å². The quantitative estimate of drug-likeness (QED) is 0.336. The summed E-state index contributed by atoms with van der Waals surface area (Å²) in [6.07, 6.45) is 5.50. The van der Waals surface area contributed by atoms with Crippen LogP contribution in [0.5, 0.6) is 0 Å². The van der Waals surface area contributed by atoms with Gasteiger partial charge in [0, 0.05) is 12.4 Å². The zero-order valence-electron chi connectivity index (χ0n) is 5.44. The van der Waals surface area contributed by atoms with Gasteiger partial charge in [-0.2, -0.15) is 4.79 Å². The fourth-order valence-electron chi connectivity index (χ4n) is 0.665. The van der Waals surface area contributed by atoms with Gasteiger partial charge in [-0.1, -0.05) is 6.07 Å². The highest BCUT2D eigenvalue weighted by molar-refractivity contribution is 5.54. The summed E-state index contributed by atoms with van der Waals surface area (Å²) >= 11 is 0. The van der Waals surface area contributed by atoms with Crippen molar-refractivity contribution in [2.75, 3.05) is 0 Å². The molecule has 0 bridgehead atoms. The molecule has 0 spiro atoms. The summed E-state index contributed by atoms with van der Waals surface area (Å²) in [6.45, 7) is 0. The summed E-state index contributed by atoms with van der Waals surface area (Å²) in [5, 5.41) is 0. The molecular formula is C7H7N3. The van der Waals surface area contributed by atoms with Crippen LogP contribution in [0.15, 0.2) is 24.5 Å². The van der Waals surface area contributed by atoms with Crippen LogP contribution < -0.4 is 0 Å². The van der Waals surface area contributed by atoms with E-state index in [0.29, 0.717) is 6.42 Å². The standard InChI is InChI=1S/C7H7N3/c8-10-5-3-7-2-1-4-9-6-7/h1-2,4-6H,3H2. The Hall–Kier alpha value is -1.47. The Kier molecular flexibility index (Phi) is 2.35. The number of aromatic nitrogens is 1. The Labute approximate surface area is 59.0 Å². The maximum Gasteiger partial charge on any atom is 0.261 e. The predicted molar refractivity (Wildman–Crippen MR) is 37.6 cm³/mol. The lowest BCUT2D eigenvalue weighted by Gasteiger charge is -1.87. The van der Waals surface area contributed by atoms with Crippen molar-refractivity contribution in [3.05, 3.63) is 35.6 Å². The molecule has 0 aliphatic rings. The van der Waals surface area contributed by atoms with Crippen LogP contribution in [0.4, 0.5) is 0 Å². The third kappa shape index (κ3) is 1.80. The molecule has 1 heterocycles. The molecule has 0 N–H and O–H groups in total. The molecule has 3 heteroatoms. The fourth-order valence-corrected chi connectivity index (χ4v) is 0.665. The van der Waals surface area contributed by atoms with Crippen molar-refractivity contribution >= 4 is 6.21 Å². The molecular weight excluding hydrogens is 126 g/mol. The van der Waals surface area contributed by atoms with Crippen LogP contribution in [-0.2, 0) is 6.42 Å². The average molecular weight is 133 g/mol. The van der Waals surface area contributed by atoms with Crippen LogP contribution >= 0.6 is 0 Å². The SMILES string of the molecule is [N-]=[N+]=CCc1cccnc1. The second-order valence-electron chi connectivity index (χ2n) is 1.86. The lowest BCUT2D eigenvalue weighted by molar-refractivity contribution is 0.00157. The molecule has 10 heavy (non-hydrogen) atoms. The van der Waals surface area contributed by atoms with Gasteiger partial charge in [-0.15, -0.1) is 0 Å². The van der Waals surface area contributed by atoms with Crippen LogP contribution in [0.3, 0.4) is 0 Å². The molecule has 0 atom stereocenters. The molecule has 0 saturated carbocycles. The van der Waals surface area contributed by atoms with E-state index in [-0.39, 0.29) is 0 Å². The van der Waals surface area contributed by atoms with Crippen LogP contribution in [0.25, 0.3) is 5.53 Å². The molecule has 0 saturated heterocycles. The summed E-state index contributed by atoms with van der Waals surface area (Å²) in [6, 6.07) is 3.77. The average Bonchev–Trinajstić information content (AvgIpc) is 2.03. The summed E-state index contributed by atoms with van der Waals surface area (Å²) in [5.74, 6) is 0. The normalized spacial score (nSPS) is 8.40. The smallest absolute Gasteiger partial charge is 0.261 e. The topological polar surface area (TPSA) is 49.3 Å². The molecule has 0 unspecified atom stereocenters. The van der Waals surface area contributed by atoms with Gasteiger partial charge in [0.15, 0.2) is 0 Å². The minimum absolute atomic E-state index is 0.629. The van der Waals surface area contributed by atoms with Crippen molar-refractivity contribution in [1.82, 2.24) is 4.98 Å². The minimum Gasteiger partial charge on any atom is -0.362 e. The highest BCUT2D eigenvalue weighted by atomic mass is 14.8. The van der Waals surface area contributed by atoms with Gasteiger partial charge in [0.05, 0.1) is 6.42 Å². The maximum atomic E-state index is 8.08. The first-order valence-electron chi connectivity index (χ1n) is 2.98. The first-order valence-corrected chi connectivity index (χ1v) is 2.98. The van der Waals surface area contributed by atoms with Crippen LogP contribution in [-0.4, -0.2) is 16.0 Å². The number of hydrogen-bond acceptors (Lipinski definition) is 1. The number of nitrogens with zero attached hydrogens (tertiary/aromatic N) is 3. The van der Waals surface area contributed by atoms with Gasteiger partial charge in [-0.25, -0.2) is 0 Å². The first kappa shape index (κ1) is 6.65. The molecule has 3 nitrogen and oxygen atoms in total. The van der Waals surface area contributed by atoms with E-state index in [2.05, 4.69) is 9.77 Å². The zero-order valence-corrected chi connectivity index (χ0v) is 5.44. The molecule has 0 radical (unpaired) electrons. The molecule has 0 amide bonds. The summed E-state index contributed by atoms with van der Waals surface area (Å²) in [5.41, 5.74) is 9.12. The van der Waals surface area contributed by atoms with Gasteiger partial charge in [0.25, 0.3) is 6.21 Å². The minimum atomic E-state index is 0.629. The number of pyridine rings is 1. The second-order valence-corrected chi connectivity index (χ2v) is 1.86. The lowest BCUT2D eigenvalue weighted by Crippen LogP contribution is -1.86. The third-order valence-electron chi connectivity index (χ3n) is 1.13. The Bertz CT molecular complexity index is 236. The molecule has 0 aliphatic heterocycles. The molecule has 1 aromatic rings. The Morgan fingerprint density at radius 1 is 1.70 bits per heavy atom. The lowest BCUT2D eigenvalue weighted by atomic mass is 10.2. The third-order valence-corrected chi connectivity index (χ3v) is 1.13. The van der Waals surface area contributed by atoms with Crippen molar-refractivity contribution in [3.63, 3.8) is 0 Å². The van der Waals surface area contributed by atoms with Gasteiger partial charge in [0.2, 0.25) is 0 Å². The molecule has 1 aromatic heterocycles. The summed E-state index contributed by atoms with van der Waals surface area (Å²) in [4.78, 5) is 6.77. The Morgan fingerprint density at radius 2 is 2.60 bits per heavy atom. The highest BCUT2D eigenvalue weighted by Crippen LogP contribution is 1.93. The van der Waals surface area contributed by atoms with Crippen LogP contribution in [0, 0.1) is 0 Å². The van der Waals surface area contributed by atoms with Gasteiger partial charge in [-0.3, -0.25) is 4.98 Å². The molecule has 0 aliphatic carbocycles. The Balaban J connectivity index is 2.67. The summed E-state index contributed by atoms with van der Waals surface area (Å²) in [7, 11) is 0. The number of rotatable bonds is 2. The van der Waals surface area contributed by atoms with E-state index in [4.69, 9.17) is 5.53 Å². The van der Waals surface area contributed by atoms with Gasteiger partial charge >= 0.3 is 0 Å². The molecule has 1 rings (SSSR count). The first-order chi connectivity index (χ1) is 4.93. The van der Waals surface area contributed by atoms with Crippen molar-refractivity contribution < 1.29 is 4.79 Å². The van der Waals surface area contributed by atoms with Gasteiger partial charge < -0.3 is 5.53 Å². The maximum absolute atomic E-state index is 8.08. The van der Waals surface area contributed by atoms with E-state index in [9.17, 15) is 0 Å². The second kappa shape index (κ2) is 3.54.